The van der Waals surface area contributed by atoms with Crippen molar-refractivity contribution in [1.29, 1.82) is 0 Å². The third-order valence-electron chi connectivity index (χ3n) is 10.2. The van der Waals surface area contributed by atoms with Crippen molar-refractivity contribution in [1.82, 2.24) is 21.7 Å². The minimum Gasteiger partial charge on any atom is -0.494 e. The topological polar surface area (TPSA) is 218 Å². The number of nitrogens with one attached hydrogen (secondary N) is 4. The molecule has 6 aromatic rings. The fourth-order valence-electron chi connectivity index (χ4n) is 6.99. The number of benzene rings is 6. The first-order valence-electron chi connectivity index (χ1n) is 18.8. The predicted octanol–water partition coefficient (Wildman–Crippen LogP) is 6.35. The fraction of sp³-hybridized carbons (Fsp3) is 0.0952. The number of nitro benzene ring substituents is 2. The van der Waals surface area contributed by atoms with Crippen molar-refractivity contribution in [3.63, 3.8) is 0 Å². The molecule has 2 heterocycles. The second-order valence-electron chi connectivity index (χ2n) is 13.9. The number of thiocarbonyl (C=S) groups is 2. The van der Waals surface area contributed by atoms with Gasteiger partial charge < -0.3 is 20.9 Å². The average Bonchev–Trinajstić information content (AvgIpc) is 3.95. The van der Waals surface area contributed by atoms with Gasteiger partial charge in [-0.15, -0.1) is 0 Å². The van der Waals surface area contributed by atoms with Crippen molar-refractivity contribution in [2.75, 3.05) is 34.7 Å². The van der Waals surface area contributed by atoms with Gasteiger partial charge in [-0.05, 0) is 70.8 Å². The van der Waals surface area contributed by atoms with Crippen LogP contribution in [0.1, 0.15) is 34.6 Å². The Labute approximate surface area is 365 Å². The highest BCUT2D eigenvalue weighted by atomic mass is 32.1. The average molecular weight is 871 g/mol. The van der Waals surface area contributed by atoms with Crippen molar-refractivity contribution in [2.45, 2.75) is 12.3 Å². The minimum absolute atomic E-state index is 0.0421. The smallest absolute Gasteiger partial charge is 0.269 e. The van der Waals surface area contributed by atoms with Crippen molar-refractivity contribution < 1.29 is 19.3 Å². The number of ether oxygens (including phenoxy) is 2. The summed E-state index contributed by atoms with van der Waals surface area (Å²) >= 11 is 10.3. The van der Waals surface area contributed by atoms with Crippen LogP contribution in [0.15, 0.2) is 133 Å². The van der Waals surface area contributed by atoms with E-state index in [1.54, 1.807) is 59.0 Å². The number of nitrogens with two attached hydrogens (primary N) is 2. The number of nitro groups is 2. The van der Waals surface area contributed by atoms with Crippen molar-refractivity contribution in [3.05, 3.63) is 176 Å². The first-order chi connectivity index (χ1) is 29.9. The van der Waals surface area contributed by atoms with Gasteiger partial charge in [-0.1, -0.05) is 85.1 Å². The molecule has 2 saturated heterocycles. The second kappa shape index (κ2) is 17.3. The largest absolute Gasteiger partial charge is 0.494 e. The molecule has 2 unspecified atom stereocenters. The standard InChI is InChI=1S/C42H38N12O6S2/c1-59-37-23-29(11-21-35(37)51-47-41(27-7-3-25(4-8-27)39(43)61)45-49(51)31-13-17-33(18-14-31)53(55)56)30-12-22-36(38(24-30)60-2)52-48-42(28-9-5-26(6-10-28)40(44)62)46-50(52)32-15-19-34(20-16-32)54(57)58/h3-24,41-42,45-48H,1-2H3,(H2,43,61)(H2,44,62). The van der Waals surface area contributed by atoms with Crippen LogP contribution in [0.2, 0.25) is 0 Å². The van der Waals surface area contributed by atoms with Crippen LogP contribution in [0.25, 0.3) is 11.1 Å². The van der Waals surface area contributed by atoms with Gasteiger partial charge in [0.15, 0.2) is 0 Å². The minimum atomic E-state index is -0.448. The molecule has 0 radical (unpaired) electrons. The molecular weight excluding hydrogens is 833 g/mol. The lowest BCUT2D eigenvalue weighted by atomic mass is 10.0. The molecule has 314 valence electrons. The van der Waals surface area contributed by atoms with Crippen LogP contribution in [-0.2, 0) is 0 Å². The molecule has 8 N–H and O–H groups in total. The molecule has 2 aliphatic heterocycles. The van der Waals surface area contributed by atoms with Crippen molar-refractivity contribution in [3.8, 4) is 22.6 Å². The highest BCUT2D eigenvalue weighted by Gasteiger charge is 2.35. The van der Waals surface area contributed by atoms with Crippen LogP contribution in [0.5, 0.6) is 11.5 Å². The molecule has 2 fully saturated rings. The number of anilines is 4. The molecule has 0 aliphatic carbocycles. The third-order valence-corrected chi connectivity index (χ3v) is 10.7. The Morgan fingerprint density at radius 1 is 0.532 bits per heavy atom. The van der Waals surface area contributed by atoms with Crippen LogP contribution < -0.4 is 63.1 Å². The van der Waals surface area contributed by atoms with Crippen molar-refractivity contribution >= 4 is 68.5 Å². The number of hydrogen-bond donors (Lipinski definition) is 6. The zero-order chi connectivity index (χ0) is 43.7. The Morgan fingerprint density at radius 2 is 0.871 bits per heavy atom. The maximum atomic E-state index is 11.5. The fourth-order valence-corrected chi connectivity index (χ4v) is 7.26. The normalized spacial score (nSPS) is 16.0. The van der Waals surface area contributed by atoms with Gasteiger partial charge >= 0.3 is 0 Å². The summed E-state index contributed by atoms with van der Waals surface area (Å²) < 4.78 is 12.0. The highest BCUT2D eigenvalue weighted by Crippen LogP contribution is 2.41. The van der Waals surface area contributed by atoms with Crippen LogP contribution in [0.4, 0.5) is 34.1 Å². The lowest BCUT2D eigenvalue weighted by Gasteiger charge is -2.30. The summed E-state index contributed by atoms with van der Waals surface area (Å²) in [4.78, 5) is 22.6. The number of non-ortho nitro benzene ring substituents is 2. The molecule has 0 bridgehead atoms. The zero-order valence-electron chi connectivity index (χ0n) is 33.0. The monoisotopic (exact) mass is 870 g/mol. The van der Waals surface area contributed by atoms with E-state index in [2.05, 4.69) is 21.7 Å². The molecule has 20 heteroatoms. The van der Waals surface area contributed by atoms with E-state index in [4.69, 9.17) is 45.4 Å². The molecule has 62 heavy (non-hydrogen) atoms. The van der Waals surface area contributed by atoms with E-state index < -0.39 is 22.2 Å². The van der Waals surface area contributed by atoms with Gasteiger partial charge in [-0.3, -0.25) is 20.2 Å². The summed E-state index contributed by atoms with van der Waals surface area (Å²) in [5, 5.41) is 29.9. The molecular formula is C42H38N12O6S2. The molecule has 0 saturated carbocycles. The third kappa shape index (κ3) is 8.19. The van der Waals surface area contributed by atoms with Gasteiger partial charge in [0.2, 0.25) is 0 Å². The summed E-state index contributed by atoms with van der Waals surface area (Å²) in [5.41, 5.74) is 32.8. The Kier molecular flexibility index (Phi) is 11.5. The van der Waals surface area contributed by atoms with Gasteiger partial charge in [0.25, 0.3) is 11.4 Å². The molecule has 0 amide bonds. The van der Waals surface area contributed by atoms with Crippen LogP contribution in [-0.4, -0.2) is 34.0 Å². The Bertz CT molecular complexity index is 2490. The Hall–Kier alpha value is -7.46. The van der Waals surface area contributed by atoms with Crippen molar-refractivity contribution in [2.24, 2.45) is 11.5 Å². The Morgan fingerprint density at radius 3 is 1.18 bits per heavy atom. The van der Waals surface area contributed by atoms with E-state index in [1.165, 1.54) is 24.3 Å². The summed E-state index contributed by atoms with van der Waals surface area (Å²) in [6, 6.07) is 38.8. The molecule has 6 aromatic carbocycles. The zero-order valence-corrected chi connectivity index (χ0v) is 34.6. The highest BCUT2D eigenvalue weighted by molar-refractivity contribution is 7.80. The van der Waals surface area contributed by atoms with Gasteiger partial charge in [-0.25, -0.2) is 10.2 Å². The lowest BCUT2D eigenvalue weighted by molar-refractivity contribution is -0.385. The Balaban J connectivity index is 1.12. The van der Waals surface area contributed by atoms with Gasteiger partial charge in [-0.2, -0.15) is 31.9 Å². The number of methoxy groups -OCH3 is 2. The number of hydrazine groups is 6. The van der Waals surface area contributed by atoms with Crippen LogP contribution in [0.3, 0.4) is 0 Å². The number of rotatable bonds is 13. The van der Waals surface area contributed by atoms with E-state index in [0.29, 0.717) is 34.2 Å². The van der Waals surface area contributed by atoms with E-state index in [-0.39, 0.29) is 21.4 Å². The van der Waals surface area contributed by atoms with Crippen LogP contribution >= 0.6 is 24.4 Å². The van der Waals surface area contributed by atoms with Gasteiger partial charge in [0, 0.05) is 35.4 Å². The van der Waals surface area contributed by atoms with E-state index in [0.717, 1.165) is 33.4 Å². The first-order valence-corrected chi connectivity index (χ1v) is 19.6. The maximum Gasteiger partial charge on any atom is 0.269 e. The summed E-state index contributed by atoms with van der Waals surface area (Å²) in [5.74, 6) is 1.02. The molecule has 8 rings (SSSR count). The van der Waals surface area contributed by atoms with Crippen LogP contribution in [0, 0.1) is 20.2 Å². The number of nitrogens with zero attached hydrogens (tertiary/aromatic N) is 6. The quantitative estimate of drug-likeness (QED) is 0.0423. The summed E-state index contributed by atoms with van der Waals surface area (Å²) in [7, 11) is 3.15. The van der Waals surface area contributed by atoms with E-state index in [9.17, 15) is 20.2 Å². The summed E-state index contributed by atoms with van der Waals surface area (Å²) in [6.07, 6.45) is -0.872. The molecule has 2 atom stereocenters. The maximum absolute atomic E-state index is 11.5. The number of hydrogen-bond acceptors (Lipinski definition) is 16. The molecule has 2 aliphatic rings. The first kappa shape index (κ1) is 41.3. The predicted molar refractivity (Wildman–Crippen MR) is 244 cm³/mol. The molecule has 0 spiro atoms. The van der Waals surface area contributed by atoms with E-state index in [1.807, 2.05) is 84.9 Å². The van der Waals surface area contributed by atoms with E-state index >= 15 is 0 Å². The SMILES string of the molecule is COc1cc(-c2ccc(N3NC(c4ccc(C(N)=S)cc4)NN3c3ccc([N+](=O)[O-])cc3)c(OC)c2)ccc1N1NC(c2ccc(C(N)=S)cc2)NN1c1ccc([N+](=O)[O-])cc1. The van der Waals surface area contributed by atoms with Gasteiger partial charge in [0.1, 0.15) is 45.2 Å². The second-order valence-corrected chi connectivity index (χ2v) is 14.8. The molecule has 18 nitrogen and oxygen atoms in total. The molecule has 0 aromatic heterocycles. The lowest BCUT2D eigenvalue weighted by Crippen LogP contribution is -2.45. The summed E-state index contributed by atoms with van der Waals surface area (Å²) in [6.45, 7) is 0. The van der Waals surface area contributed by atoms with Gasteiger partial charge in [0.05, 0.1) is 35.4 Å².